The van der Waals surface area contributed by atoms with Crippen molar-refractivity contribution in [3.8, 4) is 0 Å². The number of hydrogen-bond donors (Lipinski definition) is 0. The highest BCUT2D eigenvalue weighted by Gasteiger charge is 2.25. The molecule has 2 heterocycles. The molecule has 6 heteroatoms. The Bertz CT molecular complexity index is 711. The molecule has 1 aliphatic heterocycles. The van der Waals surface area contributed by atoms with Gasteiger partial charge in [0.25, 0.3) is 0 Å². The Balaban J connectivity index is 2.08. The van der Waals surface area contributed by atoms with Gasteiger partial charge in [0.15, 0.2) is 12.1 Å². The molecule has 2 aromatic rings. The Labute approximate surface area is 149 Å². The summed E-state index contributed by atoms with van der Waals surface area (Å²) in [6.45, 7) is 7.99. The fourth-order valence-electron chi connectivity index (χ4n) is 3.03. The minimum Gasteiger partial charge on any atom is -0.304 e. The van der Waals surface area contributed by atoms with E-state index in [1.165, 1.54) is 5.56 Å². The lowest BCUT2D eigenvalue weighted by molar-refractivity contribution is 0.112. The highest BCUT2D eigenvalue weighted by Crippen LogP contribution is 2.31. The zero-order chi connectivity index (χ0) is 17.8. The molecule has 132 valence electrons. The number of likely N-dealkylation sites (N-methyl/N-ethyl adjacent to an activating group) is 1. The molecule has 1 aliphatic rings. The molecule has 0 spiro atoms. The lowest BCUT2D eigenvalue weighted by Crippen LogP contribution is -2.51. The molecule has 0 saturated carbocycles. The van der Waals surface area contributed by atoms with Gasteiger partial charge in [0.1, 0.15) is 0 Å². The normalized spacial score (nSPS) is 16.2. The van der Waals surface area contributed by atoms with E-state index in [1.54, 1.807) is 6.20 Å². The largest absolute Gasteiger partial charge is 0.304 e. The number of rotatable bonds is 5. The van der Waals surface area contributed by atoms with Crippen molar-refractivity contribution in [2.75, 3.05) is 38.2 Å². The summed E-state index contributed by atoms with van der Waals surface area (Å²) in [5, 5.41) is 12.6. The van der Waals surface area contributed by atoms with E-state index in [1.807, 2.05) is 24.3 Å². The van der Waals surface area contributed by atoms with Crippen molar-refractivity contribution in [3.63, 3.8) is 0 Å². The van der Waals surface area contributed by atoms with Crippen LogP contribution in [0.3, 0.4) is 0 Å². The molecule has 0 unspecified atom stereocenters. The Morgan fingerprint density at radius 1 is 1.16 bits per heavy atom. The predicted molar refractivity (Wildman–Crippen MR) is 99.2 cm³/mol. The van der Waals surface area contributed by atoms with Crippen LogP contribution in [0.5, 0.6) is 0 Å². The monoisotopic (exact) mass is 339 g/mol. The van der Waals surface area contributed by atoms with Gasteiger partial charge in [-0.3, -0.25) is 9.80 Å². The van der Waals surface area contributed by atoms with Gasteiger partial charge >= 0.3 is 0 Å². The number of carbonyl (C=O) groups is 1. The summed E-state index contributed by atoms with van der Waals surface area (Å²) >= 11 is 0. The molecule has 0 amide bonds. The fraction of sp³-hybridized carbons (Fsp3) is 0.421. The molecule has 0 N–H and O–H groups in total. The third-order valence-electron chi connectivity index (χ3n) is 4.61. The quantitative estimate of drug-likeness (QED) is 0.781. The van der Waals surface area contributed by atoms with Gasteiger partial charge in [-0.2, -0.15) is 5.10 Å². The molecule has 0 atom stereocenters. The second-order valence-corrected chi connectivity index (χ2v) is 6.74. The van der Waals surface area contributed by atoms with Crippen molar-refractivity contribution >= 4 is 17.8 Å². The summed E-state index contributed by atoms with van der Waals surface area (Å²) in [5.41, 5.74) is 2.73. The van der Waals surface area contributed by atoms with Crippen LogP contribution in [-0.2, 0) is 0 Å². The number of carbonyl (C=O) groups excluding carboxylic acids is 1. The number of benzene rings is 1. The third-order valence-corrected chi connectivity index (χ3v) is 4.61. The summed E-state index contributed by atoms with van der Waals surface area (Å²) in [5.74, 6) is 1.12. The van der Waals surface area contributed by atoms with Crippen molar-refractivity contribution in [1.29, 1.82) is 0 Å². The summed E-state index contributed by atoms with van der Waals surface area (Å²) in [4.78, 5) is 14.0. The summed E-state index contributed by atoms with van der Waals surface area (Å²) < 4.78 is 0. The van der Waals surface area contributed by atoms with Crippen LogP contribution in [0, 0.1) is 0 Å². The van der Waals surface area contributed by atoms with Crippen LogP contribution >= 0.6 is 0 Å². The van der Waals surface area contributed by atoms with Crippen molar-refractivity contribution in [2.45, 2.75) is 19.8 Å². The first kappa shape index (κ1) is 17.5. The zero-order valence-electron chi connectivity index (χ0n) is 15.1. The zero-order valence-corrected chi connectivity index (χ0v) is 15.1. The van der Waals surface area contributed by atoms with Gasteiger partial charge in [0.05, 0.1) is 5.69 Å². The molecule has 6 nitrogen and oxygen atoms in total. The van der Waals surface area contributed by atoms with E-state index in [2.05, 4.69) is 52.1 Å². The van der Waals surface area contributed by atoms with Crippen LogP contribution in [0.25, 0.3) is 0 Å². The number of aromatic nitrogens is 2. The fourth-order valence-corrected chi connectivity index (χ4v) is 3.03. The first-order chi connectivity index (χ1) is 12.1. The van der Waals surface area contributed by atoms with E-state index in [4.69, 9.17) is 0 Å². The van der Waals surface area contributed by atoms with Gasteiger partial charge in [-0.25, -0.2) is 5.01 Å². The van der Waals surface area contributed by atoms with Gasteiger partial charge in [0.2, 0.25) is 0 Å². The lowest BCUT2D eigenvalue weighted by atomic mass is 10.00. The van der Waals surface area contributed by atoms with Crippen LogP contribution in [0.4, 0.5) is 11.5 Å². The highest BCUT2D eigenvalue weighted by molar-refractivity contribution is 5.86. The molecule has 1 aromatic heterocycles. The maximum Gasteiger partial charge on any atom is 0.170 e. The minimum absolute atomic E-state index is 0.385. The Hall–Kier alpha value is -2.31. The maximum atomic E-state index is 11.7. The second-order valence-electron chi connectivity index (χ2n) is 6.74. The lowest BCUT2D eigenvalue weighted by Gasteiger charge is -2.41. The highest BCUT2D eigenvalue weighted by atomic mass is 16.1. The Morgan fingerprint density at radius 2 is 1.92 bits per heavy atom. The second kappa shape index (κ2) is 7.72. The molecule has 3 rings (SSSR count). The van der Waals surface area contributed by atoms with Crippen LogP contribution in [0.2, 0.25) is 0 Å². The number of anilines is 2. The molecular weight excluding hydrogens is 314 g/mol. The first-order valence-electron chi connectivity index (χ1n) is 8.70. The van der Waals surface area contributed by atoms with E-state index >= 15 is 0 Å². The predicted octanol–water partition coefficient (Wildman–Crippen LogP) is 2.71. The van der Waals surface area contributed by atoms with E-state index < -0.39 is 0 Å². The van der Waals surface area contributed by atoms with Gasteiger partial charge in [-0.05, 0) is 42.8 Å². The van der Waals surface area contributed by atoms with E-state index in [-0.39, 0.29) is 0 Å². The number of hydrogen-bond acceptors (Lipinski definition) is 6. The van der Waals surface area contributed by atoms with E-state index in [9.17, 15) is 4.79 Å². The average Bonchev–Trinajstić information content (AvgIpc) is 2.64. The van der Waals surface area contributed by atoms with Crippen LogP contribution in [-0.4, -0.2) is 59.6 Å². The van der Waals surface area contributed by atoms with Crippen LogP contribution in [0.15, 0.2) is 36.5 Å². The van der Waals surface area contributed by atoms with Gasteiger partial charge < -0.3 is 4.90 Å². The third kappa shape index (κ3) is 3.86. The van der Waals surface area contributed by atoms with Gasteiger partial charge in [-0.15, -0.1) is 5.10 Å². The van der Waals surface area contributed by atoms with Crippen molar-refractivity contribution in [3.05, 3.63) is 47.7 Å². The maximum absolute atomic E-state index is 11.7. The Morgan fingerprint density at radius 3 is 2.52 bits per heavy atom. The van der Waals surface area contributed by atoms with Crippen molar-refractivity contribution in [2.24, 2.45) is 0 Å². The average molecular weight is 339 g/mol. The Kier molecular flexibility index (Phi) is 5.40. The molecule has 0 radical (unpaired) electrons. The molecule has 0 aliphatic carbocycles. The minimum atomic E-state index is 0.385. The molecule has 0 bridgehead atoms. The molecular formula is C19H25N5O. The molecule has 1 fully saturated rings. The van der Waals surface area contributed by atoms with Gasteiger partial charge in [0, 0.05) is 37.9 Å². The molecule has 1 saturated heterocycles. The van der Waals surface area contributed by atoms with Crippen molar-refractivity contribution in [1.82, 2.24) is 20.1 Å². The van der Waals surface area contributed by atoms with Crippen LogP contribution in [0.1, 0.15) is 35.7 Å². The van der Waals surface area contributed by atoms with Crippen molar-refractivity contribution < 1.29 is 4.79 Å². The number of piperazine rings is 1. The van der Waals surface area contributed by atoms with Crippen LogP contribution < -0.4 is 5.01 Å². The van der Waals surface area contributed by atoms with E-state index in [0.717, 1.165) is 44.0 Å². The number of nitrogens with zero attached hydrogens (tertiary/aromatic N) is 5. The number of aldehydes is 1. The smallest absolute Gasteiger partial charge is 0.170 e. The summed E-state index contributed by atoms with van der Waals surface area (Å²) in [6.07, 6.45) is 2.58. The SMILES string of the molecule is CC(C)c1ccc(C=O)c(N(c2cccnn2)N2CCN(C)CC2)c1. The van der Waals surface area contributed by atoms with Gasteiger partial charge in [-0.1, -0.05) is 19.9 Å². The first-order valence-corrected chi connectivity index (χ1v) is 8.70. The summed E-state index contributed by atoms with van der Waals surface area (Å²) in [7, 11) is 2.13. The summed E-state index contributed by atoms with van der Waals surface area (Å²) in [6, 6.07) is 9.83. The molecule has 1 aromatic carbocycles. The number of hydrazine groups is 1. The molecule has 25 heavy (non-hydrogen) atoms. The topological polar surface area (TPSA) is 52.6 Å². The van der Waals surface area contributed by atoms with E-state index in [0.29, 0.717) is 11.5 Å². The standard InChI is InChI=1S/C19H25N5O/c1-15(2)16-6-7-17(14-25)18(13-16)24(19-5-4-8-20-21-19)23-11-9-22(3)10-12-23/h4-8,13-15H,9-12H2,1-3H3.